The molecule has 2 atom stereocenters. The van der Waals surface area contributed by atoms with Crippen molar-refractivity contribution in [2.45, 2.75) is 39.3 Å². The number of nitrogens with one attached hydrogen (secondary N) is 2. The summed E-state index contributed by atoms with van der Waals surface area (Å²) in [5.41, 5.74) is 0.823. The van der Waals surface area contributed by atoms with Crippen LogP contribution in [0.3, 0.4) is 0 Å². The minimum Gasteiger partial charge on any atom is -0.480 e. The van der Waals surface area contributed by atoms with E-state index in [1.165, 1.54) is 12.1 Å². The first-order chi connectivity index (χ1) is 9.49. The van der Waals surface area contributed by atoms with Crippen molar-refractivity contribution in [3.8, 4) is 5.75 Å². The van der Waals surface area contributed by atoms with Gasteiger partial charge in [0.15, 0.2) is 6.10 Å². The third-order valence-electron chi connectivity index (χ3n) is 3.10. The Labute approximate surface area is 119 Å². The molecule has 5 heteroatoms. The second-order valence-corrected chi connectivity index (χ2v) is 4.74. The van der Waals surface area contributed by atoms with Gasteiger partial charge in [0.25, 0.3) is 5.91 Å². The molecule has 0 aliphatic rings. The Hall–Kier alpha value is -1.62. The van der Waals surface area contributed by atoms with Crippen molar-refractivity contribution in [2.75, 3.05) is 13.6 Å². The van der Waals surface area contributed by atoms with Gasteiger partial charge in [-0.25, -0.2) is 4.39 Å². The van der Waals surface area contributed by atoms with E-state index in [2.05, 4.69) is 10.6 Å². The lowest BCUT2D eigenvalue weighted by Gasteiger charge is -2.20. The van der Waals surface area contributed by atoms with E-state index < -0.39 is 6.10 Å². The van der Waals surface area contributed by atoms with Crippen LogP contribution in [0.4, 0.5) is 4.39 Å². The van der Waals surface area contributed by atoms with Gasteiger partial charge in [0.05, 0.1) is 0 Å². The fourth-order valence-electron chi connectivity index (χ4n) is 1.76. The molecular weight excluding hydrogens is 259 g/mol. The second kappa shape index (κ2) is 7.85. The van der Waals surface area contributed by atoms with E-state index in [-0.39, 0.29) is 17.8 Å². The van der Waals surface area contributed by atoms with Crippen LogP contribution in [0.2, 0.25) is 0 Å². The first kappa shape index (κ1) is 16.4. The summed E-state index contributed by atoms with van der Waals surface area (Å²) < 4.78 is 19.0. The monoisotopic (exact) mass is 282 g/mol. The van der Waals surface area contributed by atoms with Gasteiger partial charge >= 0.3 is 0 Å². The molecule has 20 heavy (non-hydrogen) atoms. The highest BCUT2D eigenvalue weighted by Crippen LogP contribution is 2.26. The zero-order valence-electron chi connectivity index (χ0n) is 12.5. The molecule has 4 nitrogen and oxygen atoms in total. The van der Waals surface area contributed by atoms with Crippen LogP contribution in [-0.4, -0.2) is 25.6 Å². The lowest BCUT2D eigenvalue weighted by molar-refractivity contribution is -0.127. The molecule has 0 fully saturated rings. The van der Waals surface area contributed by atoms with Gasteiger partial charge in [-0.2, -0.15) is 0 Å². The van der Waals surface area contributed by atoms with Gasteiger partial charge in [0, 0.05) is 24.2 Å². The van der Waals surface area contributed by atoms with Crippen LogP contribution in [0.1, 0.15) is 38.8 Å². The van der Waals surface area contributed by atoms with Crippen molar-refractivity contribution >= 4 is 5.91 Å². The van der Waals surface area contributed by atoms with Crippen molar-refractivity contribution in [1.29, 1.82) is 0 Å². The minimum atomic E-state index is -0.661. The number of carbonyl (C=O) groups is 1. The summed E-state index contributed by atoms with van der Waals surface area (Å²) in [6, 6.07) is 4.38. The molecule has 0 saturated heterocycles. The van der Waals surface area contributed by atoms with Gasteiger partial charge < -0.3 is 15.4 Å². The highest BCUT2D eigenvalue weighted by molar-refractivity contribution is 5.80. The van der Waals surface area contributed by atoms with Crippen LogP contribution < -0.4 is 15.4 Å². The Balaban J connectivity index is 2.84. The summed E-state index contributed by atoms with van der Waals surface area (Å²) in [6.07, 6.45) is 0.201. The van der Waals surface area contributed by atoms with Crippen molar-refractivity contribution in [2.24, 2.45) is 0 Å². The maximum absolute atomic E-state index is 13.4. The maximum atomic E-state index is 13.4. The first-order valence-corrected chi connectivity index (χ1v) is 6.90. The van der Waals surface area contributed by atoms with E-state index in [0.29, 0.717) is 12.3 Å². The molecule has 0 aliphatic heterocycles. The largest absolute Gasteiger partial charge is 0.480 e. The topological polar surface area (TPSA) is 50.4 Å². The number of benzene rings is 1. The summed E-state index contributed by atoms with van der Waals surface area (Å²) >= 11 is 0. The molecule has 2 unspecified atom stereocenters. The van der Waals surface area contributed by atoms with E-state index in [1.807, 2.05) is 20.9 Å². The lowest BCUT2D eigenvalue weighted by Crippen LogP contribution is -2.37. The van der Waals surface area contributed by atoms with Crippen molar-refractivity contribution < 1.29 is 13.9 Å². The Morgan fingerprint density at radius 3 is 2.70 bits per heavy atom. The van der Waals surface area contributed by atoms with Crippen LogP contribution in [-0.2, 0) is 4.79 Å². The van der Waals surface area contributed by atoms with E-state index in [9.17, 15) is 9.18 Å². The van der Waals surface area contributed by atoms with Crippen LogP contribution in [0.5, 0.6) is 5.75 Å². The summed E-state index contributed by atoms with van der Waals surface area (Å²) in [5.74, 6) is -0.182. The summed E-state index contributed by atoms with van der Waals surface area (Å²) in [7, 11) is 1.81. The summed E-state index contributed by atoms with van der Waals surface area (Å²) in [6.45, 7) is 6.19. The summed E-state index contributed by atoms with van der Waals surface area (Å²) in [4.78, 5) is 11.8. The summed E-state index contributed by atoms with van der Waals surface area (Å²) in [5, 5.41) is 5.83. The second-order valence-electron chi connectivity index (χ2n) is 4.74. The van der Waals surface area contributed by atoms with Crippen LogP contribution >= 0.6 is 0 Å². The predicted molar refractivity (Wildman–Crippen MR) is 77.3 cm³/mol. The van der Waals surface area contributed by atoms with Crippen LogP contribution in [0.25, 0.3) is 0 Å². The average Bonchev–Trinajstić information content (AvgIpc) is 2.44. The van der Waals surface area contributed by atoms with Crippen molar-refractivity contribution in [3.05, 3.63) is 29.6 Å². The predicted octanol–water partition coefficient (Wildman–Crippen LogP) is 2.40. The quantitative estimate of drug-likeness (QED) is 0.807. The molecule has 0 spiro atoms. The third kappa shape index (κ3) is 4.49. The van der Waals surface area contributed by atoms with Gasteiger partial charge in [0.1, 0.15) is 11.6 Å². The number of carbonyl (C=O) groups excluding carboxylic acids is 1. The fourth-order valence-corrected chi connectivity index (χ4v) is 1.76. The lowest BCUT2D eigenvalue weighted by atomic mass is 10.1. The molecule has 1 aromatic rings. The maximum Gasteiger partial charge on any atom is 0.260 e. The van der Waals surface area contributed by atoms with Gasteiger partial charge in [0.2, 0.25) is 0 Å². The standard InChI is InChI=1S/C15H23FN2O2/c1-5-8-18-15(19)11(3)20-14-9-12(16)6-7-13(14)10(2)17-4/h6-7,9-11,17H,5,8H2,1-4H3,(H,18,19). The molecule has 0 aromatic heterocycles. The first-order valence-electron chi connectivity index (χ1n) is 6.90. The zero-order valence-corrected chi connectivity index (χ0v) is 12.5. The number of hydrogen-bond donors (Lipinski definition) is 2. The van der Waals surface area contributed by atoms with E-state index >= 15 is 0 Å². The number of halogens is 1. The van der Waals surface area contributed by atoms with Crippen molar-refractivity contribution in [1.82, 2.24) is 10.6 Å². The normalized spacial score (nSPS) is 13.7. The Morgan fingerprint density at radius 2 is 2.10 bits per heavy atom. The number of ether oxygens (including phenoxy) is 1. The highest BCUT2D eigenvalue weighted by atomic mass is 19.1. The molecule has 0 radical (unpaired) electrons. The molecule has 1 amide bonds. The van der Waals surface area contributed by atoms with E-state index in [4.69, 9.17) is 4.74 Å². The Morgan fingerprint density at radius 1 is 1.40 bits per heavy atom. The van der Waals surface area contributed by atoms with Gasteiger partial charge in [-0.1, -0.05) is 13.0 Å². The highest BCUT2D eigenvalue weighted by Gasteiger charge is 2.18. The van der Waals surface area contributed by atoms with E-state index in [1.54, 1.807) is 13.0 Å². The Kier molecular flexibility index (Phi) is 6.45. The van der Waals surface area contributed by atoms with Crippen LogP contribution in [0, 0.1) is 5.82 Å². The molecule has 0 saturated carbocycles. The smallest absolute Gasteiger partial charge is 0.260 e. The van der Waals surface area contributed by atoms with Gasteiger partial charge in [-0.3, -0.25) is 4.79 Å². The van der Waals surface area contributed by atoms with Gasteiger partial charge in [-0.05, 0) is 33.4 Å². The molecule has 2 N–H and O–H groups in total. The molecule has 0 aliphatic carbocycles. The van der Waals surface area contributed by atoms with Crippen LogP contribution in [0.15, 0.2) is 18.2 Å². The molecule has 112 valence electrons. The van der Waals surface area contributed by atoms with Crippen molar-refractivity contribution in [3.63, 3.8) is 0 Å². The molecule has 0 bridgehead atoms. The minimum absolute atomic E-state index is 0.0107. The molecule has 0 heterocycles. The third-order valence-corrected chi connectivity index (χ3v) is 3.10. The average molecular weight is 282 g/mol. The molecular formula is C15H23FN2O2. The molecule has 1 rings (SSSR count). The Bertz CT molecular complexity index is 451. The number of amides is 1. The zero-order chi connectivity index (χ0) is 15.1. The number of rotatable bonds is 7. The molecule has 1 aromatic carbocycles. The van der Waals surface area contributed by atoms with E-state index in [0.717, 1.165) is 12.0 Å². The van der Waals surface area contributed by atoms with Gasteiger partial charge in [-0.15, -0.1) is 0 Å². The SMILES string of the molecule is CCCNC(=O)C(C)Oc1cc(F)ccc1C(C)NC. The fraction of sp³-hybridized carbons (Fsp3) is 0.533. The number of hydrogen-bond acceptors (Lipinski definition) is 3.